The maximum absolute atomic E-state index is 14.3. The summed E-state index contributed by atoms with van der Waals surface area (Å²) in [5.41, 5.74) is 4.90. The van der Waals surface area contributed by atoms with Gasteiger partial charge in [0.2, 0.25) is 0 Å². The van der Waals surface area contributed by atoms with Crippen molar-refractivity contribution in [1.82, 2.24) is 4.98 Å². The number of benzene rings is 2. The lowest BCUT2D eigenvalue weighted by Gasteiger charge is -2.24. The number of nitrogens with one attached hydrogen (secondary N) is 1. The number of halogens is 1. The smallest absolute Gasteiger partial charge is 0.276 e. The lowest BCUT2D eigenvalue weighted by Crippen LogP contribution is -2.34. The minimum absolute atomic E-state index is 0.100. The van der Waals surface area contributed by atoms with E-state index in [1.54, 1.807) is 23.5 Å². The van der Waals surface area contributed by atoms with Gasteiger partial charge in [0.05, 0.1) is 22.2 Å². The monoisotopic (exact) mass is 560 g/mol. The van der Waals surface area contributed by atoms with Crippen LogP contribution >= 0.6 is 23.3 Å². The van der Waals surface area contributed by atoms with Gasteiger partial charge in [0, 0.05) is 36.7 Å². The van der Waals surface area contributed by atoms with Crippen LogP contribution in [0.2, 0.25) is 0 Å². The van der Waals surface area contributed by atoms with E-state index in [4.69, 9.17) is 9.72 Å². The normalized spacial score (nSPS) is 15.2. The number of rotatable bonds is 5. The maximum atomic E-state index is 14.3. The summed E-state index contributed by atoms with van der Waals surface area (Å²) in [4.78, 5) is 23.8. The summed E-state index contributed by atoms with van der Waals surface area (Å²) in [6, 6.07) is 21.0. The fourth-order valence-electron chi connectivity index (χ4n) is 5.03. The molecule has 4 aromatic rings. The molecular weight excluding hydrogens is 531 g/mol. The molecule has 1 amide bonds. The van der Waals surface area contributed by atoms with Crippen molar-refractivity contribution in [3.05, 3.63) is 89.4 Å². The van der Waals surface area contributed by atoms with Crippen LogP contribution in [-0.2, 0) is 11.2 Å². The number of fused-ring (bicyclic) bond motifs is 3. The molecule has 2 aromatic carbocycles. The van der Waals surface area contributed by atoms with E-state index in [1.165, 1.54) is 23.6 Å². The van der Waals surface area contributed by atoms with Crippen molar-refractivity contribution >= 4 is 46.4 Å². The third-order valence-electron chi connectivity index (χ3n) is 7.05. The number of pyridine rings is 1. The summed E-state index contributed by atoms with van der Waals surface area (Å²) in [7, 11) is 0. The summed E-state index contributed by atoms with van der Waals surface area (Å²) in [6.07, 6.45) is 1.66. The first-order valence-electron chi connectivity index (χ1n) is 13.1. The van der Waals surface area contributed by atoms with Crippen LogP contribution < -0.4 is 14.5 Å². The van der Waals surface area contributed by atoms with Gasteiger partial charge in [-0.2, -0.15) is 0 Å². The minimum Gasteiger partial charge on any atom is -0.380 e. The number of carbonyl (C=O) groups is 1. The number of ether oxygens (including phenoxy) is 1. The number of aromatic nitrogens is 1. The molecule has 0 saturated carbocycles. The van der Waals surface area contributed by atoms with Gasteiger partial charge >= 0.3 is 0 Å². The van der Waals surface area contributed by atoms with Crippen molar-refractivity contribution in [2.75, 3.05) is 47.4 Å². The number of hydrogen-bond acceptors (Lipinski definition) is 7. The molecule has 0 bridgehead atoms. The first-order valence-corrected chi connectivity index (χ1v) is 14.7. The van der Waals surface area contributed by atoms with Crippen LogP contribution in [0.5, 0.6) is 0 Å². The fraction of sp³-hybridized carbons (Fsp3) is 0.267. The molecule has 1 fully saturated rings. The Morgan fingerprint density at radius 3 is 2.82 bits per heavy atom. The molecule has 9 heteroatoms. The van der Waals surface area contributed by atoms with Gasteiger partial charge in [-0.1, -0.05) is 36.4 Å². The Morgan fingerprint density at radius 1 is 1.05 bits per heavy atom. The Morgan fingerprint density at radius 2 is 1.92 bits per heavy atom. The van der Waals surface area contributed by atoms with Crippen molar-refractivity contribution in [1.29, 1.82) is 0 Å². The van der Waals surface area contributed by atoms with Gasteiger partial charge in [-0.05, 0) is 73.2 Å². The zero-order chi connectivity index (χ0) is 26.8. The quantitative estimate of drug-likeness (QED) is 0.271. The van der Waals surface area contributed by atoms with E-state index in [1.807, 2.05) is 48.2 Å². The Bertz CT molecular complexity index is 1480. The number of hydrogen-bond donors (Lipinski definition) is 1. The minimum atomic E-state index is -0.262. The predicted molar refractivity (Wildman–Crippen MR) is 158 cm³/mol. The standard InChI is InChI=1S/C30H29FN4O2S2/c1-20-7-4-9-23(31)28(20)33-39-27-19-21-13-15-35(25-11-3-2-8-22(25)29(21)38-27)30(36)24-10-5-12-26(32-24)34-14-6-17-37-18-16-34/h2-5,7-12,19,33H,6,13-18H2,1H3. The van der Waals surface area contributed by atoms with E-state index in [-0.39, 0.29) is 11.7 Å². The van der Waals surface area contributed by atoms with Crippen LogP contribution in [0, 0.1) is 12.7 Å². The molecular formula is C30H29FN4O2S2. The van der Waals surface area contributed by atoms with E-state index in [9.17, 15) is 9.18 Å². The number of aryl methyl sites for hydroxylation is 1. The molecule has 0 unspecified atom stereocenters. The molecule has 0 aliphatic carbocycles. The van der Waals surface area contributed by atoms with Gasteiger partial charge in [0.15, 0.2) is 0 Å². The molecule has 0 radical (unpaired) electrons. The fourth-order valence-corrected chi connectivity index (χ4v) is 7.21. The summed E-state index contributed by atoms with van der Waals surface area (Å²) in [5.74, 6) is 0.451. The Hall–Kier alpha value is -3.40. The molecule has 0 spiro atoms. The maximum Gasteiger partial charge on any atom is 0.276 e. The summed E-state index contributed by atoms with van der Waals surface area (Å²) in [5, 5.41) is 0. The van der Waals surface area contributed by atoms with Gasteiger partial charge in [-0.15, -0.1) is 11.3 Å². The number of thiophene rings is 1. The zero-order valence-electron chi connectivity index (χ0n) is 21.7. The lowest BCUT2D eigenvalue weighted by molar-refractivity contribution is 0.0982. The van der Waals surface area contributed by atoms with E-state index in [0.717, 1.165) is 57.8 Å². The first kappa shape index (κ1) is 25.9. The van der Waals surface area contributed by atoms with Crippen molar-refractivity contribution < 1.29 is 13.9 Å². The highest BCUT2D eigenvalue weighted by Crippen LogP contribution is 2.44. The zero-order valence-corrected chi connectivity index (χ0v) is 23.3. The third kappa shape index (κ3) is 5.39. The molecule has 2 aliphatic rings. The van der Waals surface area contributed by atoms with Gasteiger partial charge in [-0.25, -0.2) is 9.37 Å². The Labute approximate surface area is 236 Å². The molecule has 2 aromatic heterocycles. The third-order valence-corrected chi connectivity index (χ3v) is 9.18. The van der Waals surface area contributed by atoms with Crippen LogP contribution in [0.1, 0.15) is 28.0 Å². The molecule has 4 heterocycles. The number of para-hydroxylation sites is 2. The SMILES string of the molecule is Cc1cccc(F)c1NSc1cc2c(s1)-c1ccccc1N(C(=O)c1cccc(N3CCCOCC3)n1)CC2. The van der Waals surface area contributed by atoms with Crippen molar-refractivity contribution in [2.24, 2.45) is 0 Å². The molecule has 1 saturated heterocycles. The van der Waals surface area contributed by atoms with Gasteiger partial charge < -0.3 is 19.3 Å². The van der Waals surface area contributed by atoms with Crippen LogP contribution in [0.4, 0.5) is 21.6 Å². The molecule has 0 atom stereocenters. The number of carbonyl (C=O) groups excluding carboxylic acids is 1. The highest BCUT2D eigenvalue weighted by molar-refractivity contribution is 8.02. The number of nitrogens with zero attached hydrogens (tertiary/aromatic N) is 3. The average molecular weight is 561 g/mol. The van der Waals surface area contributed by atoms with Gasteiger partial charge in [0.25, 0.3) is 5.91 Å². The average Bonchev–Trinajstić information content (AvgIpc) is 3.10. The molecule has 1 N–H and O–H groups in total. The second kappa shape index (κ2) is 11.4. The van der Waals surface area contributed by atoms with Crippen molar-refractivity contribution in [3.63, 3.8) is 0 Å². The highest BCUT2D eigenvalue weighted by atomic mass is 32.2. The summed E-state index contributed by atoms with van der Waals surface area (Å²) in [6.45, 7) is 5.49. The number of amides is 1. The largest absolute Gasteiger partial charge is 0.380 e. The Kier molecular flexibility index (Phi) is 7.54. The van der Waals surface area contributed by atoms with Crippen LogP contribution in [0.3, 0.4) is 0 Å². The topological polar surface area (TPSA) is 57.7 Å². The summed E-state index contributed by atoms with van der Waals surface area (Å²) >= 11 is 3.08. The first-order chi connectivity index (χ1) is 19.1. The van der Waals surface area contributed by atoms with E-state index in [0.29, 0.717) is 31.0 Å². The van der Waals surface area contributed by atoms with Gasteiger partial charge in [0.1, 0.15) is 17.3 Å². The van der Waals surface area contributed by atoms with Crippen LogP contribution in [-0.4, -0.2) is 43.7 Å². The highest BCUT2D eigenvalue weighted by Gasteiger charge is 2.28. The Balaban J connectivity index is 1.26. The van der Waals surface area contributed by atoms with E-state index < -0.39 is 0 Å². The van der Waals surface area contributed by atoms with Crippen molar-refractivity contribution in [2.45, 2.75) is 24.0 Å². The van der Waals surface area contributed by atoms with E-state index in [2.05, 4.69) is 21.8 Å². The molecule has 200 valence electrons. The second-order valence-electron chi connectivity index (χ2n) is 9.61. The number of anilines is 3. The lowest BCUT2D eigenvalue weighted by atomic mass is 10.1. The predicted octanol–water partition coefficient (Wildman–Crippen LogP) is 6.81. The molecule has 39 heavy (non-hydrogen) atoms. The van der Waals surface area contributed by atoms with Gasteiger partial charge in [-0.3, -0.25) is 4.79 Å². The van der Waals surface area contributed by atoms with Crippen LogP contribution in [0.25, 0.3) is 10.4 Å². The molecule has 6 nitrogen and oxygen atoms in total. The molecule has 6 rings (SSSR count). The van der Waals surface area contributed by atoms with Crippen molar-refractivity contribution in [3.8, 4) is 10.4 Å². The molecule has 2 aliphatic heterocycles. The summed E-state index contributed by atoms with van der Waals surface area (Å²) < 4.78 is 24.1. The van der Waals surface area contributed by atoms with E-state index >= 15 is 0 Å². The van der Waals surface area contributed by atoms with Crippen LogP contribution in [0.15, 0.2) is 70.9 Å². The second-order valence-corrected chi connectivity index (χ2v) is 11.8.